The van der Waals surface area contributed by atoms with E-state index in [2.05, 4.69) is 44.1 Å². The molecule has 4 aliphatic rings. The Labute approximate surface area is 229 Å². The van der Waals surface area contributed by atoms with Gasteiger partial charge in [-0.2, -0.15) is 5.26 Å². The topological polar surface area (TPSA) is 94.0 Å². The first-order valence-corrected chi connectivity index (χ1v) is 13.8. The minimum absolute atomic E-state index is 0.0742. The normalized spacial score (nSPS) is 21.6. The Kier molecular flexibility index (Phi) is 7.03. The molecular weight excluding hydrogens is 492 g/mol. The van der Waals surface area contributed by atoms with Gasteiger partial charge in [0.25, 0.3) is 5.91 Å². The van der Waals surface area contributed by atoms with Gasteiger partial charge in [0.2, 0.25) is 0 Å². The summed E-state index contributed by atoms with van der Waals surface area (Å²) >= 11 is 0. The van der Waals surface area contributed by atoms with Crippen LogP contribution in [0, 0.1) is 23.2 Å². The first kappa shape index (κ1) is 25.5. The average molecular weight is 527 g/mol. The first-order valence-electron chi connectivity index (χ1n) is 13.8. The Bertz CT molecular complexity index is 1360. The molecule has 39 heavy (non-hydrogen) atoms. The number of aromatic nitrogens is 1. The van der Waals surface area contributed by atoms with Crippen molar-refractivity contribution in [3.8, 4) is 23.7 Å². The lowest BCUT2D eigenvalue weighted by Crippen LogP contribution is -2.61. The van der Waals surface area contributed by atoms with Crippen LogP contribution < -0.4 is 15.0 Å². The van der Waals surface area contributed by atoms with Crippen LogP contribution in [-0.4, -0.2) is 79.2 Å². The number of hydrogen-bond acceptors (Lipinski definition) is 8. The van der Waals surface area contributed by atoms with Gasteiger partial charge in [0.1, 0.15) is 18.0 Å². The van der Waals surface area contributed by atoms with Gasteiger partial charge >= 0.3 is 0 Å². The van der Waals surface area contributed by atoms with Gasteiger partial charge in [-0.1, -0.05) is 5.92 Å². The molecule has 0 bridgehead atoms. The van der Waals surface area contributed by atoms with E-state index in [0.29, 0.717) is 36.5 Å². The lowest BCUT2D eigenvalue weighted by molar-refractivity contribution is -0.132. The number of benzene rings is 1. The highest BCUT2D eigenvalue weighted by molar-refractivity contribution is 5.94. The van der Waals surface area contributed by atoms with Gasteiger partial charge in [-0.15, -0.1) is 0 Å². The predicted molar refractivity (Wildman–Crippen MR) is 148 cm³/mol. The number of hydrogen-bond donors (Lipinski definition) is 1. The molecule has 0 spiro atoms. The summed E-state index contributed by atoms with van der Waals surface area (Å²) < 4.78 is 12.0. The second-order valence-corrected chi connectivity index (χ2v) is 10.7. The lowest BCUT2D eigenvalue weighted by atomic mass is 9.87. The summed E-state index contributed by atoms with van der Waals surface area (Å²) in [6.45, 7) is 10.2. The third kappa shape index (κ3) is 4.89. The van der Waals surface area contributed by atoms with E-state index in [1.165, 1.54) is 0 Å². The average Bonchev–Trinajstić information content (AvgIpc) is 3.08. The molecule has 1 aromatic heterocycles. The largest absolute Gasteiger partial charge is 0.482 e. The summed E-state index contributed by atoms with van der Waals surface area (Å²) in [4.78, 5) is 23.3. The molecule has 1 N–H and O–H groups in total. The molecule has 9 heteroatoms. The Morgan fingerprint density at radius 2 is 1.92 bits per heavy atom. The van der Waals surface area contributed by atoms with Gasteiger partial charge in [0.15, 0.2) is 5.75 Å². The number of nitriles is 1. The second kappa shape index (κ2) is 10.8. The molecule has 9 nitrogen and oxygen atoms in total. The van der Waals surface area contributed by atoms with E-state index in [9.17, 15) is 10.1 Å². The number of piperidine rings is 1. The number of carbonyl (C=O) groups excluding carboxylic acids is 1. The predicted octanol–water partition coefficient (Wildman–Crippen LogP) is 3.40. The third-order valence-corrected chi connectivity index (χ3v) is 8.40. The van der Waals surface area contributed by atoms with Crippen molar-refractivity contribution in [1.82, 2.24) is 14.8 Å². The Balaban J connectivity index is 1.20. The zero-order valence-electron chi connectivity index (χ0n) is 22.6. The number of likely N-dealkylation sites (tertiary alicyclic amines) is 2. The summed E-state index contributed by atoms with van der Waals surface area (Å²) in [5.74, 6) is 6.97. The maximum Gasteiger partial charge on any atom is 0.298 e. The molecule has 202 valence electrons. The highest BCUT2D eigenvalue weighted by atomic mass is 16.5. The van der Waals surface area contributed by atoms with Crippen LogP contribution in [0.15, 0.2) is 24.4 Å². The zero-order chi connectivity index (χ0) is 26.9. The fraction of sp³-hybridized carbons (Fsp3) is 0.500. The van der Waals surface area contributed by atoms with E-state index in [-0.39, 0.29) is 12.0 Å². The van der Waals surface area contributed by atoms with E-state index >= 15 is 0 Å². The Morgan fingerprint density at radius 3 is 2.64 bits per heavy atom. The molecule has 6 rings (SSSR count). The standard InChI is InChI=1S/C30H34N6O3/c1-3-4-27(37)36-18-24(19-36)34-9-6-21(7-10-34)22-15-23(17-31)29-25(16-22)33-30-28(20(2)39-29)26(5-8-32-30)35-11-13-38-14-12-35/h5,8,15-16,20-21,24H,6-7,9-14,18-19H2,1-2H3,(H,32,33). The fourth-order valence-corrected chi connectivity index (χ4v) is 6.23. The smallest absolute Gasteiger partial charge is 0.298 e. The number of fused-ring (bicyclic) bond motifs is 2. The number of nitrogens with zero attached hydrogens (tertiary/aromatic N) is 5. The number of morpholine rings is 1. The molecule has 3 saturated heterocycles. The summed E-state index contributed by atoms with van der Waals surface area (Å²) in [5.41, 5.74) is 4.61. The van der Waals surface area contributed by atoms with E-state index in [1.807, 2.05) is 30.2 Å². The van der Waals surface area contributed by atoms with Crippen LogP contribution in [0.4, 0.5) is 17.2 Å². The van der Waals surface area contributed by atoms with Crippen molar-refractivity contribution in [2.24, 2.45) is 0 Å². The number of ether oxygens (including phenoxy) is 2. The van der Waals surface area contributed by atoms with Crippen molar-refractivity contribution < 1.29 is 14.3 Å². The minimum atomic E-state index is -0.265. The number of rotatable bonds is 3. The molecule has 4 aliphatic heterocycles. The second-order valence-electron chi connectivity index (χ2n) is 10.7. The lowest BCUT2D eigenvalue weighted by Gasteiger charge is -2.47. The highest BCUT2D eigenvalue weighted by Crippen LogP contribution is 2.45. The van der Waals surface area contributed by atoms with Crippen LogP contribution in [0.5, 0.6) is 5.75 Å². The molecule has 2 aromatic rings. The van der Waals surface area contributed by atoms with Gasteiger partial charge in [0, 0.05) is 44.1 Å². The number of anilines is 3. The monoisotopic (exact) mass is 526 g/mol. The molecule has 0 radical (unpaired) electrons. The van der Waals surface area contributed by atoms with E-state index in [4.69, 9.17) is 9.47 Å². The van der Waals surface area contributed by atoms with Gasteiger partial charge in [-0.3, -0.25) is 9.69 Å². The van der Waals surface area contributed by atoms with Crippen molar-refractivity contribution in [3.05, 3.63) is 41.1 Å². The van der Waals surface area contributed by atoms with Crippen LogP contribution in [0.3, 0.4) is 0 Å². The van der Waals surface area contributed by atoms with Crippen molar-refractivity contribution in [2.75, 3.05) is 62.7 Å². The summed E-state index contributed by atoms with van der Waals surface area (Å²) in [7, 11) is 0. The Morgan fingerprint density at radius 1 is 1.15 bits per heavy atom. The van der Waals surface area contributed by atoms with E-state index in [0.717, 1.165) is 80.4 Å². The van der Waals surface area contributed by atoms with Gasteiger partial charge in [-0.05, 0) is 75.4 Å². The molecule has 1 amide bonds. The summed E-state index contributed by atoms with van der Waals surface area (Å²) in [5, 5.41) is 13.6. The SMILES string of the molecule is CC#CC(=O)N1CC(N2CCC(c3cc(C#N)c4c(c3)Nc3nccc(N5CCOCC5)c3C(C)O4)CC2)C1. The van der Waals surface area contributed by atoms with Crippen molar-refractivity contribution >= 4 is 23.1 Å². The minimum Gasteiger partial charge on any atom is -0.482 e. The summed E-state index contributed by atoms with van der Waals surface area (Å²) in [6.07, 6.45) is 3.59. The van der Waals surface area contributed by atoms with Crippen molar-refractivity contribution in [1.29, 1.82) is 5.26 Å². The van der Waals surface area contributed by atoms with Gasteiger partial charge in [-0.25, -0.2) is 4.98 Å². The van der Waals surface area contributed by atoms with E-state index in [1.54, 1.807) is 6.92 Å². The number of amides is 1. The molecule has 0 saturated carbocycles. The Hall–Kier alpha value is -3.79. The third-order valence-electron chi connectivity index (χ3n) is 8.40. The van der Waals surface area contributed by atoms with Gasteiger partial charge < -0.3 is 24.6 Å². The van der Waals surface area contributed by atoms with Crippen LogP contribution in [0.2, 0.25) is 0 Å². The van der Waals surface area contributed by atoms with Crippen LogP contribution in [0.25, 0.3) is 0 Å². The molecule has 5 heterocycles. The first-order chi connectivity index (χ1) is 19.1. The van der Waals surface area contributed by atoms with Crippen molar-refractivity contribution in [2.45, 2.75) is 44.8 Å². The van der Waals surface area contributed by atoms with Crippen LogP contribution in [-0.2, 0) is 9.53 Å². The van der Waals surface area contributed by atoms with Crippen LogP contribution in [0.1, 0.15) is 55.4 Å². The number of carbonyl (C=O) groups is 1. The molecule has 0 aliphatic carbocycles. The zero-order valence-corrected chi connectivity index (χ0v) is 22.6. The molecule has 1 aromatic carbocycles. The molecule has 1 atom stereocenters. The molecular formula is C30H34N6O3. The number of pyridine rings is 1. The maximum absolute atomic E-state index is 12.0. The van der Waals surface area contributed by atoms with Crippen molar-refractivity contribution in [3.63, 3.8) is 0 Å². The van der Waals surface area contributed by atoms with Crippen LogP contribution >= 0.6 is 0 Å². The maximum atomic E-state index is 12.0. The number of nitrogens with one attached hydrogen (secondary N) is 1. The fourth-order valence-electron chi connectivity index (χ4n) is 6.23. The van der Waals surface area contributed by atoms with E-state index < -0.39 is 0 Å². The molecule has 1 unspecified atom stereocenters. The summed E-state index contributed by atoms with van der Waals surface area (Å²) in [6, 6.07) is 9.00. The van der Waals surface area contributed by atoms with Gasteiger partial charge in [0.05, 0.1) is 30.0 Å². The molecule has 3 fully saturated rings. The quantitative estimate of drug-likeness (QED) is 0.609. The highest BCUT2D eigenvalue weighted by Gasteiger charge is 2.36.